The summed E-state index contributed by atoms with van der Waals surface area (Å²) in [5, 5.41) is 14.8. The van der Waals surface area contributed by atoms with Crippen molar-refractivity contribution in [2.75, 3.05) is 0 Å². The van der Waals surface area contributed by atoms with E-state index >= 15 is 0 Å². The summed E-state index contributed by atoms with van der Waals surface area (Å²) in [6.07, 6.45) is 0. The second kappa shape index (κ2) is 5.16. The standard InChI is InChI=1S/C14H13F2N3OS/c1-7(2)13-18-19-11(6-20)12(17-14(19)21-13)9-5-8(15)3-4-10(9)16/h3-5,7,20H,6H2,1-2H3. The molecule has 21 heavy (non-hydrogen) atoms. The fraction of sp³-hybridized carbons (Fsp3) is 0.286. The molecule has 7 heteroatoms. The Balaban J connectivity index is 2.23. The summed E-state index contributed by atoms with van der Waals surface area (Å²) in [4.78, 5) is 4.87. The maximum absolute atomic E-state index is 13.9. The van der Waals surface area contributed by atoms with Crippen LogP contribution in [0.5, 0.6) is 0 Å². The quantitative estimate of drug-likeness (QED) is 0.807. The number of aliphatic hydroxyl groups excluding tert-OH is 1. The van der Waals surface area contributed by atoms with E-state index in [4.69, 9.17) is 0 Å². The van der Waals surface area contributed by atoms with Gasteiger partial charge in [-0.2, -0.15) is 5.10 Å². The van der Waals surface area contributed by atoms with Crippen LogP contribution in [0.1, 0.15) is 30.5 Å². The Bertz CT molecular complexity index is 810. The van der Waals surface area contributed by atoms with Gasteiger partial charge >= 0.3 is 0 Å². The Morgan fingerprint density at radius 2 is 2.10 bits per heavy atom. The van der Waals surface area contributed by atoms with Crippen molar-refractivity contribution in [3.05, 3.63) is 40.5 Å². The molecule has 0 amide bonds. The number of halogens is 2. The number of rotatable bonds is 3. The molecular formula is C14H13F2N3OS. The summed E-state index contributed by atoms with van der Waals surface area (Å²) in [7, 11) is 0. The fourth-order valence-electron chi connectivity index (χ4n) is 2.07. The van der Waals surface area contributed by atoms with Gasteiger partial charge in [0.1, 0.15) is 22.3 Å². The number of aliphatic hydroxyl groups is 1. The third-order valence-electron chi connectivity index (χ3n) is 3.14. The Morgan fingerprint density at radius 1 is 1.33 bits per heavy atom. The largest absolute Gasteiger partial charge is 0.390 e. The van der Waals surface area contributed by atoms with Crippen LogP contribution in [0.4, 0.5) is 8.78 Å². The van der Waals surface area contributed by atoms with E-state index in [0.717, 1.165) is 23.2 Å². The predicted octanol–water partition coefficient (Wildman–Crippen LogP) is 3.35. The van der Waals surface area contributed by atoms with E-state index in [2.05, 4.69) is 10.1 Å². The minimum absolute atomic E-state index is 0.0304. The van der Waals surface area contributed by atoms with E-state index in [1.165, 1.54) is 15.9 Å². The summed E-state index contributed by atoms with van der Waals surface area (Å²) in [6.45, 7) is 3.65. The first-order chi connectivity index (χ1) is 10.0. The number of hydrogen-bond donors (Lipinski definition) is 1. The van der Waals surface area contributed by atoms with Gasteiger partial charge in [0.05, 0.1) is 12.3 Å². The summed E-state index contributed by atoms with van der Waals surface area (Å²) in [5.41, 5.74) is 0.615. The van der Waals surface area contributed by atoms with Crippen molar-refractivity contribution < 1.29 is 13.9 Å². The third kappa shape index (κ3) is 2.32. The zero-order valence-corrected chi connectivity index (χ0v) is 12.3. The Labute approximate surface area is 123 Å². The first-order valence-corrected chi connectivity index (χ1v) is 7.27. The van der Waals surface area contributed by atoms with Gasteiger partial charge in [-0.25, -0.2) is 18.3 Å². The first kappa shape index (κ1) is 14.1. The van der Waals surface area contributed by atoms with Crippen molar-refractivity contribution in [3.63, 3.8) is 0 Å². The Morgan fingerprint density at radius 3 is 2.76 bits per heavy atom. The Kier molecular flexibility index (Phi) is 3.46. The summed E-state index contributed by atoms with van der Waals surface area (Å²) in [6, 6.07) is 3.17. The minimum Gasteiger partial charge on any atom is -0.390 e. The van der Waals surface area contributed by atoms with Crippen molar-refractivity contribution in [1.29, 1.82) is 0 Å². The van der Waals surface area contributed by atoms with Gasteiger partial charge in [-0.1, -0.05) is 25.2 Å². The molecule has 3 aromatic rings. The van der Waals surface area contributed by atoms with Crippen molar-refractivity contribution in [2.45, 2.75) is 26.4 Å². The topological polar surface area (TPSA) is 50.4 Å². The van der Waals surface area contributed by atoms with Crippen LogP contribution in [0.25, 0.3) is 16.2 Å². The molecule has 0 bridgehead atoms. The lowest BCUT2D eigenvalue weighted by Crippen LogP contribution is -1.98. The van der Waals surface area contributed by atoms with E-state index in [1.807, 2.05) is 13.8 Å². The minimum atomic E-state index is -0.582. The van der Waals surface area contributed by atoms with E-state index in [1.54, 1.807) is 0 Å². The van der Waals surface area contributed by atoms with Gasteiger partial charge in [-0.15, -0.1) is 0 Å². The zero-order chi connectivity index (χ0) is 15.1. The van der Waals surface area contributed by atoms with Crippen LogP contribution in [-0.2, 0) is 6.61 Å². The average Bonchev–Trinajstić information content (AvgIpc) is 2.98. The smallest absolute Gasteiger partial charge is 0.213 e. The normalized spacial score (nSPS) is 11.7. The SMILES string of the molecule is CC(C)c1nn2c(CO)c(-c3cc(F)ccc3F)nc2s1. The number of hydrogen-bond acceptors (Lipinski definition) is 4. The van der Waals surface area contributed by atoms with Gasteiger partial charge in [0.2, 0.25) is 4.96 Å². The van der Waals surface area contributed by atoms with Crippen molar-refractivity contribution in [3.8, 4) is 11.3 Å². The molecule has 4 nitrogen and oxygen atoms in total. The molecule has 0 atom stereocenters. The molecule has 1 aromatic carbocycles. The average molecular weight is 309 g/mol. The molecule has 0 saturated heterocycles. The van der Waals surface area contributed by atoms with Crippen molar-refractivity contribution in [2.24, 2.45) is 0 Å². The van der Waals surface area contributed by atoms with Crippen LogP contribution < -0.4 is 0 Å². The van der Waals surface area contributed by atoms with Crippen LogP contribution in [0.2, 0.25) is 0 Å². The molecule has 3 rings (SSSR count). The van der Waals surface area contributed by atoms with E-state index in [-0.39, 0.29) is 23.8 Å². The van der Waals surface area contributed by atoms with Crippen LogP contribution in [0.3, 0.4) is 0 Å². The monoisotopic (exact) mass is 309 g/mol. The van der Waals surface area contributed by atoms with Gasteiger partial charge in [-0.05, 0) is 18.2 Å². The molecule has 0 saturated carbocycles. The summed E-state index contributed by atoms with van der Waals surface area (Å²) < 4.78 is 28.7. The van der Waals surface area contributed by atoms with Crippen LogP contribution >= 0.6 is 11.3 Å². The van der Waals surface area contributed by atoms with Crippen LogP contribution in [-0.4, -0.2) is 19.7 Å². The molecule has 0 aliphatic rings. The van der Waals surface area contributed by atoms with Gasteiger partial charge in [-0.3, -0.25) is 0 Å². The van der Waals surface area contributed by atoms with E-state index in [0.29, 0.717) is 10.7 Å². The zero-order valence-electron chi connectivity index (χ0n) is 11.5. The fourth-order valence-corrected chi connectivity index (χ4v) is 2.99. The third-order valence-corrected chi connectivity index (χ3v) is 4.35. The summed E-state index contributed by atoms with van der Waals surface area (Å²) in [5.74, 6) is -0.902. The van der Waals surface area contributed by atoms with Gasteiger partial charge < -0.3 is 5.11 Å². The lowest BCUT2D eigenvalue weighted by Gasteiger charge is -2.03. The highest BCUT2D eigenvalue weighted by Gasteiger charge is 2.20. The van der Waals surface area contributed by atoms with Gasteiger partial charge in [0, 0.05) is 11.5 Å². The highest BCUT2D eigenvalue weighted by Crippen LogP contribution is 2.31. The molecule has 2 aromatic heterocycles. The van der Waals surface area contributed by atoms with E-state index in [9.17, 15) is 13.9 Å². The molecule has 110 valence electrons. The maximum atomic E-state index is 13.9. The molecule has 0 aliphatic carbocycles. The molecule has 0 spiro atoms. The second-order valence-corrected chi connectivity index (χ2v) is 5.97. The molecule has 0 radical (unpaired) electrons. The van der Waals surface area contributed by atoms with E-state index < -0.39 is 11.6 Å². The van der Waals surface area contributed by atoms with Crippen LogP contribution in [0, 0.1) is 11.6 Å². The Hall–Kier alpha value is -1.86. The molecular weight excluding hydrogens is 296 g/mol. The molecule has 0 fully saturated rings. The highest BCUT2D eigenvalue weighted by molar-refractivity contribution is 7.16. The van der Waals surface area contributed by atoms with Crippen LogP contribution in [0.15, 0.2) is 18.2 Å². The number of fused-ring (bicyclic) bond motifs is 1. The number of benzene rings is 1. The predicted molar refractivity (Wildman–Crippen MR) is 76.2 cm³/mol. The summed E-state index contributed by atoms with van der Waals surface area (Å²) >= 11 is 1.37. The maximum Gasteiger partial charge on any atom is 0.213 e. The van der Waals surface area contributed by atoms with Crippen molar-refractivity contribution in [1.82, 2.24) is 14.6 Å². The number of aromatic nitrogens is 3. The lowest BCUT2D eigenvalue weighted by molar-refractivity contribution is 0.274. The number of nitrogens with zero attached hydrogens (tertiary/aromatic N) is 3. The number of imidazole rings is 1. The van der Waals surface area contributed by atoms with Gasteiger partial charge in [0.25, 0.3) is 0 Å². The highest BCUT2D eigenvalue weighted by atomic mass is 32.1. The van der Waals surface area contributed by atoms with Crippen molar-refractivity contribution >= 4 is 16.3 Å². The molecule has 2 heterocycles. The molecule has 0 unspecified atom stereocenters. The lowest BCUT2D eigenvalue weighted by atomic mass is 10.1. The molecule has 0 aliphatic heterocycles. The first-order valence-electron chi connectivity index (χ1n) is 6.46. The second-order valence-electron chi connectivity index (χ2n) is 4.98. The molecule has 1 N–H and O–H groups in total. The van der Waals surface area contributed by atoms with Gasteiger partial charge in [0.15, 0.2) is 0 Å².